The highest BCUT2D eigenvalue weighted by Crippen LogP contribution is 2.19. The van der Waals surface area contributed by atoms with Crippen molar-refractivity contribution < 1.29 is 9.53 Å². The Balaban J connectivity index is 1.61. The van der Waals surface area contributed by atoms with Gasteiger partial charge in [0.1, 0.15) is 5.75 Å². The summed E-state index contributed by atoms with van der Waals surface area (Å²) in [6.07, 6.45) is 3.08. The van der Waals surface area contributed by atoms with Crippen molar-refractivity contribution in [1.82, 2.24) is 15.1 Å². The Morgan fingerprint density at radius 3 is 2.79 bits per heavy atom. The van der Waals surface area contributed by atoms with Gasteiger partial charge < -0.3 is 10.1 Å². The van der Waals surface area contributed by atoms with E-state index in [9.17, 15) is 4.79 Å². The predicted molar refractivity (Wildman–Crippen MR) is 94.2 cm³/mol. The van der Waals surface area contributed by atoms with Gasteiger partial charge in [-0.3, -0.25) is 9.48 Å². The van der Waals surface area contributed by atoms with E-state index in [1.165, 1.54) is 0 Å². The lowest BCUT2D eigenvalue weighted by Crippen LogP contribution is -2.39. The van der Waals surface area contributed by atoms with Gasteiger partial charge in [-0.05, 0) is 47.5 Å². The van der Waals surface area contributed by atoms with Crippen LogP contribution >= 0.6 is 11.3 Å². The van der Waals surface area contributed by atoms with Gasteiger partial charge in [0.05, 0.1) is 6.04 Å². The molecule has 3 aromatic rings. The van der Waals surface area contributed by atoms with Crippen LogP contribution in [0.5, 0.6) is 5.75 Å². The Hall–Kier alpha value is -2.60. The van der Waals surface area contributed by atoms with E-state index in [4.69, 9.17) is 4.74 Å². The van der Waals surface area contributed by atoms with Crippen LogP contribution in [0.2, 0.25) is 0 Å². The van der Waals surface area contributed by atoms with Gasteiger partial charge in [-0.25, -0.2) is 0 Å². The van der Waals surface area contributed by atoms with E-state index in [-0.39, 0.29) is 11.9 Å². The minimum atomic E-state index is -0.562. The van der Waals surface area contributed by atoms with Crippen LogP contribution in [0.15, 0.2) is 65.6 Å². The van der Waals surface area contributed by atoms with Crippen molar-refractivity contribution in [3.8, 4) is 5.75 Å². The summed E-state index contributed by atoms with van der Waals surface area (Å²) in [7, 11) is 0. The summed E-state index contributed by atoms with van der Waals surface area (Å²) in [4.78, 5) is 12.3. The molecule has 1 amide bonds. The van der Waals surface area contributed by atoms with Crippen LogP contribution in [-0.2, 0) is 4.79 Å². The van der Waals surface area contributed by atoms with Crippen molar-refractivity contribution in [2.24, 2.45) is 0 Å². The van der Waals surface area contributed by atoms with Gasteiger partial charge in [0.2, 0.25) is 0 Å². The number of rotatable bonds is 7. The third-order valence-corrected chi connectivity index (χ3v) is 4.37. The number of ether oxygens (including phenoxy) is 1. The number of thiophene rings is 1. The number of nitrogens with zero attached hydrogens (tertiary/aromatic N) is 2. The molecule has 0 saturated carbocycles. The average molecular weight is 341 g/mol. The van der Waals surface area contributed by atoms with Gasteiger partial charge >= 0.3 is 0 Å². The van der Waals surface area contributed by atoms with E-state index < -0.39 is 6.10 Å². The molecule has 0 fully saturated rings. The molecule has 0 bridgehead atoms. The summed E-state index contributed by atoms with van der Waals surface area (Å²) in [5.41, 5.74) is 1.13. The summed E-state index contributed by atoms with van der Waals surface area (Å²) in [5, 5.41) is 11.4. The second-order valence-corrected chi connectivity index (χ2v) is 6.16. The Labute approximate surface area is 144 Å². The number of hydrogen-bond acceptors (Lipinski definition) is 4. The SMILES string of the molecule is CC(Oc1ccccc1)C(=O)NCC(c1ccsc1)n1cccn1. The molecule has 124 valence electrons. The molecule has 0 aliphatic carbocycles. The highest BCUT2D eigenvalue weighted by molar-refractivity contribution is 7.07. The molecular weight excluding hydrogens is 322 g/mol. The zero-order chi connectivity index (χ0) is 16.8. The Bertz CT molecular complexity index is 708. The van der Waals surface area contributed by atoms with Crippen LogP contribution in [0.1, 0.15) is 18.5 Å². The maximum Gasteiger partial charge on any atom is 0.260 e. The largest absolute Gasteiger partial charge is 0.481 e. The Kier molecular flexibility index (Phi) is 5.28. The molecule has 0 aliphatic rings. The fourth-order valence-corrected chi connectivity index (χ4v) is 3.10. The third-order valence-electron chi connectivity index (χ3n) is 3.67. The number of benzene rings is 1. The minimum Gasteiger partial charge on any atom is -0.481 e. The van der Waals surface area contributed by atoms with Gasteiger partial charge in [0, 0.05) is 18.9 Å². The van der Waals surface area contributed by atoms with E-state index in [2.05, 4.69) is 15.8 Å². The number of carbonyl (C=O) groups is 1. The van der Waals surface area contributed by atoms with Crippen LogP contribution in [0, 0.1) is 0 Å². The molecule has 0 radical (unpaired) electrons. The lowest BCUT2D eigenvalue weighted by molar-refractivity contribution is -0.127. The fourth-order valence-electron chi connectivity index (χ4n) is 2.39. The molecule has 2 unspecified atom stereocenters. The molecular formula is C18H19N3O2S. The normalized spacial score (nSPS) is 13.2. The molecule has 5 nitrogen and oxygen atoms in total. The first-order chi connectivity index (χ1) is 11.7. The van der Waals surface area contributed by atoms with Crippen molar-refractivity contribution in [2.75, 3.05) is 6.54 Å². The first-order valence-electron chi connectivity index (χ1n) is 7.74. The topological polar surface area (TPSA) is 56.1 Å². The highest BCUT2D eigenvalue weighted by atomic mass is 32.1. The second kappa shape index (κ2) is 7.79. The predicted octanol–water partition coefficient (Wildman–Crippen LogP) is 3.12. The molecule has 2 atom stereocenters. The summed E-state index contributed by atoms with van der Waals surface area (Å²) in [5.74, 6) is 0.535. The summed E-state index contributed by atoms with van der Waals surface area (Å²) < 4.78 is 7.51. The molecule has 2 heterocycles. The van der Waals surface area contributed by atoms with E-state index in [0.717, 1.165) is 5.56 Å². The van der Waals surface area contributed by atoms with Gasteiger partial charge in [-0.2, -0.15) is 16.4 Å². The number of nitrogens with one attached hydrogen (secondary N) is 1. The molecule has 0 aliphatic heterocycles. The van der Waals surface area contributed by atoms with Crippen LogP contribution in [0.3, 0.4) is 0 Å². The molecule has 6 heteroatoms. The van der Waals surface area contributed by atoms with E-state index in [1.54, 1.807) is 24.5 Å². The highest BCUT2D eigenvalue weighted by Gasteiger charge is 2.19. The number of hydrogen-bond donors (Lipinski definition) is 1. The van der Waals surface area contributed by atoms with E-state index >= 15 is 0 Å². The average Bonchev–Trinajstić information content (AvgIpc) is 3.30. The van der Waals surface area contributed by atoms with Crippen molar-refractivity contribution in [3.05, 3.63) is 71.2 Å². The molecule has 1 N–H and O–H groups in total. The molecule has 3 rings (SSSR count). The first-order valence-corrected chi connectivity index (χ1v) is 8.69. The quantitative estimate of drug-likeness (QED) is 0.718. The van der Waals surface area contributed by atoms with Gasteiger partial charge in [0.25, 0.3) is 5.91 Å². The Morgan fingerprint density at radius 2 is 2.12 bits per heavy atom. The van der Waals surface area contributed by atoms with Crippen molar-refractivity contribution in [1.29, 1.82) is 0 Å². The smallest absolute Gasteiger partial charge is 0.260 e. The minimum absolute atomic E-state index is 0.0286. The maximum atomic E-state index is 12.3. The zero-order valence-corrected chi connectivity index (χ0v) is 14.1. The van der Waals surface area contributed by atoms with E-state index in [0.29, 0.717) is 12.3 Å². The van der Waals surface area contributed by atoms with Crippen molar-refractivity contribution >= 4 is 17.2 Å². The zero-order valence-electron chi connectivity index (χ0n) is 13.3. The van der Waals surface area contributed by atoms with Gasteiger partial charge in [0.15, 0.2) is 6.10 Å². The van der Waals surface area contributed by atoms with Crippen LogP contribution in [0.25, 0.3) is 0 Å². The number of carbonyl (C=O) groups excluding carboxylic acids is 1. The van der Waals surface area contributed by atoms with E-state index in [1.807, 2.05) is 58.7 Å². The molecule has 1 aromatic carbocycles. The molecule has 24 heavy (non-hydrogen) atoms. The fraction of sp³-hybridized carbons (Fsp3) is 0.222. The van der Waals surface area contributed by atoms with Crippen molar-refractivity contribution in [2.45, 2.75) is 19.1 Å². The molecule has 2 aromatic heterocycles. The summed E-state index contributed by atoms with van der Waals surface area (Å²) in [6, 6.07) is 13.2. The summed E-state index contributed by atoms with van der Waals surface area (Å²) in [6.45, 7) is 2.20. The summed E-state index contributed by atoms with van der Waals surface area (Å²) >= 11 is 1.63. The van der Waals surface area contributed by atoms with Crippen LogP contribution in [-0.4, -0.2) is 28.3 Å². The number of para-hydroxylation sites is 1. The Morgan fingerprint density at radius 1 is 1.29 bits per heavy atom. The number of aromatic nitrogens is 2. The maximum absolute atomic E-state index is 12.3. The molecule has 0 spiro atoms. The van der Waals surface area contributed by atoms with Gasteiger partial charge in [-0.1, -0.05) is 18.2 Å². The number of amides is 1. The van der Waals surface area contributed by atoms with Crippen LogP contribution in [0.4, 0.5) is 0 Å². The lowest BCUT2D eigenvalue weighted by Gasteiger charge is -2.20. The standard InChI is InChI=1S/C18H19N3O2S/c1-14(23-16-6-3-2-4-7-16)18(22)19-12-17(15-8-11-24-13-15)21-10-5-9-20-21/h2-11,13-14,17H,12H2,1H3,(H,19,22). The van der Waals surface area contributed by atoms with Crippen LogP contribution < -0.4 is 10.1 Å². The second-order valence-electron chi connectivity index (χ2n) is 5.38. The van der Waals surface area contributed by atoms with Crippen molar-refractivity contribution in [3.63, 3.8) is 0 Å². The van der Waals surface area contributed by atoms with Gasteiger partial charge in [-0.15, -0.1) is 0 Å². The lowest BCUT2D eigenvalue weighted by atomic mass is 10.1. The molecule has 0 saturated heterocycles. The first kappa shape index (κ1) is 16.3. The monoisotopic (exact) mass is 341 g/mol. The third kappa shape index (κ3) is 4.02.